The molecule has 33 rings (SSSR count). The van der Waals surface area contributed by atoms with Crippen molar-refractivity contribution in [1.29, 1.82) is 0 Å². The first-order valence-corrected chi connectivity index (χ1v) is 51.3. The minimum Gasteiger partial charge on any atom is -0.456 e. The molecule has 10 heterocycles. The van der Waals surface area contributed by atoms with E-state index in [9.17, 15) is 0 Å². The minimum atomic E-state index is 0.874. The molecule has 33 aromatic rings. The van der Waals surface area contributed by atoms with Gasteiger partial charge in [-0.2, -0.15) is 0 Å². The first kappa shape index (κ1) is 83.1. The molecule has 0 bridgehead atoms. The molecule has 10 aromatic heterocycles. The zero-order valence-electron chi connectivity index (χ0n) is 79.8. The summed E-state index contributed by atoms with van der Waals surface area (Å²) in [6.07, 6.45) is 0. The molecule has 10 heteroatoms. The van der Waals surface area contributed by atoms with Crippen molar-refractivity contribution in [3.05, 3.63) is 510 Å². The highest BCUT2D eigenvalue weighted by atomic mass is 32.1. The Labute approximate surface area is 850 Å². The smallest absolute Gasteiger partial charge is 0.135 e. The van der Waals surface area contributed by atoms with Crippen molar-refractivity contribution in [2.75, 3.05) is 0 Å². The van der Waals surface area contributed by atoms with Crippen LogP contribution in [0, 0.1) is 0 Å². The average molecular weight is 1910 g/mol. The Hall–Kier alpha value is -19.5. The van der Waals surface area contributed by atoms with E-state index in [-0.39, 0.29) is 0 Å². The number of fused-ring (bicyclic) bond motifs is 30. The van der Waals surface area contributed by atoms with Crippen molar-refractivity contribution in [2.24, 2.45) is 0 Å². The molecule has 0 spiro atoms. The Balaban J connectivity index is 0.000000102. The molecule has 0 atom stereocenters. The van der Waals surface area contributed by atoms with Crippen LogP contribution in [0.3, 0.4) is 0 Å². The van der Waals surface area contributed by atoms with Crippen LogP contribution in [-0.4, -0.2) is 27.4 Å². The Bertz CT molecular complexity index is 10900. The Morgan fingerprint density at radius 2 is 0.318 bits per heavy atom. The van der Waals surface area contributed by atoms with Crippen molar-refractivity contribution < 1.29 is 13.3 Å². The predicted molar refractivity (Wildman–Crippen MR) is 622 cm³/mol. The third-order valence-corrected chi connectivity index (χ3v) is 31.9. The van der Waals surface area contributed by atoms with E-state index >= 15 is 0 Å². The highest BCUT2D eigenvalue weighted by Gasteiger charge is 2.25. The number of hydrogen-bond acceptors (Lipinski definition) is 4. The third kappa shape index (κ3) is 13.1. The van der Waals surface area contributed by atoms with Crippen molar-refractivity contribution in [3.63, 3.8) is 0 Å². The van der Waals surface area contributed by atoms with Crippen LogP contribution in [0.25, 0.3) is 295 Å². The van der Waals surface area contributed by atoms with E-state index in [0.29, 0.717) is 0 Å². The molecule has 0 unspecified atom stereocenters. The van der Waals surface area contributed by atoms with Gasteiger partial charge in [-0.3, -0.25) is 0 Å². The van der Waals surface area contributed by atoms with E-state index in [1.54, 1.807) is 0 Å². The van der Waals surface area contributed by atoms with Crippen molar-refractivity contribution in [1.82, 2.24) is 27.4 Å². The van der Waals surface area contributed by atoms with E-state index in [2.05, 4.69) is 525 Å². The van der Waals surface area contributed by atoms with Crippen LogP contribution in [0.1, 0.15) is 0 Å². The molecule has 690 valence electrons. The van der Waals surface area contributed by atoms with E-state index in [1.807, 2.05) is 23.5 Å². The molecule has 0 aliphatic rings. The topological polar surface area (TPSA) is 69.0 Å². The summed E-state index contributed by atoms with van der Waals surface area (Å²) in [6, 6.07) is 184. The molecule has 0 saturated carbocycles. The van der Waals surface area contributed by atoms with Gasteiger partial charge < -0.3 is 40.7 Å². The van der Waals surface area contributed by atoms with E-state index in [0.717, 1.165) is 105 Å². The lowest BCUT2D eigenvalue weighted by Crippen LogP contribution is -2.00. The Morgan fingerprint density at radius 1 is 0.115 bits per heavy atom. The fraction of sp³-hybridized carbons (Fsp3) is 0. The standard InChI is InChI=1S/C54H33N3O.C42H26N2S.C42H25NO2/c1-7-19-47-39(13-1)40-14-2-8-20-48(40)55(47)36-26-28-54-46(33-36)45-31-34(25-27-53(45)58-54)35-29-37(56-49-21-9-3-15-41(49)42-16-4-10-22-50(42)56)32-38(30-35)57-51-23-11-5-17-43(51)44-18-6-12-24-52(44)57;1-5-16-37-31(12-1)32-13-2-6-17-38(32)43(37)29-11-9-10-27(24-29)28-20-22-41-35(25-28)36-26-30(21-23-42(36)45-41)44-39-18-7-3-14-33(39)34-15-4-8-19-40(34)44;1-4-13-37-31(10-1)32-11-2-5-14-38(32)43(37)30-18-21-42-36(25-30)35-24-29(17-20-41(35)45-42)27-9-7-8-26(22-27)28-16-19-40-34(23-28)33-12-3-6-15-39(33)44-40/h1-33H;1-26H;1-25H. The Morgan fingerprint density at radius 3 is 0.655 bits per heavy atom. The molecule has 0 radical (unpaired) electrons. The summed E-state index contributed by atoms with van der Waals surface area (Å²) < 4.78 is 35.9. The molecule has 0 N–H and O–H groups in total. The number of para-hydroxylation sites is 13. The van der Waals surface area contributed by atoms with Gasteiger partial charge in [0.15, 0.2) is 0 Å². The second-order valence-electron chi connectivity index (χ2n) is 38.9. The largest absolute Gasteiger partial charge is 0.456 e. The zero-order valence-corrected chi connectivity index (χ0v) is 80.6. The van der Waals surface area contributed by atoms with Crippen LogP contribution in [0.5, 0.6) is 0 Å². The van der Waals surface area contributed by atoms with Gasteiger partial charge in [0.25, 0.3) is 0 Å². The first-order valence-electron chi connectivity index (χ1n) is 50.5. The van der Waals surface area contributed by atoms with Crippen molar-refractivity contribution >= 4 is 228 Å². The maximum absolute atomic E-state index is 6.53. The summed E-state index contributed by atoms with van der Waals surface area (Å²) in [5, 5.41) is 24.4. The fourth-order valence-electron chi connectivity index (χ4n) is 24.1. The summed E-state index contributed by atoms with van der Waals surface area (Å²) >= 11 is 1.87. The number of furan rings is 3. The number of benzene rings is 23. The molecule has 0 aliphatic heterocycles. The average Bonchev–Trinajstić information content (AvgIpc) is 1.61. The highest BCUT2D eigenvalue weighted by molar-refractivity contribution is 7.25. The van der Waals surface area contributed by atoms with Crippen LogP contribution in [-0.2, 0) is 0 Å². The lowest BCUT2D eigenvalue weighted by molar-refractivity contribution is 0.668. The van der Waals surface area contributed by atoms with Crippen molar-refractivity contribution in [3.8, 4) is 78.6 Å². The summed E-state index contributed by atoms with van der Waals surface area (Å²) in [5.41, 5.74) is 36.0. The third-order valence-electron chi connectivity index (χ3n) is 30.7. The maximum atomic E-state index is 6.53. The van der Waals surface area contributed by atoms with Gasteiger partial charge in [0.1, 0.15) is 33.5 Å². The number of thiophene rings is 1. The van der Waals surface area contributed by atoms with Gasteiger partial charge in [0.2, 0.25) is 0 Å². The van der Waals surface area contributed by atoms with Gasteiger partial charge in [0.05, 0.1) is 66.2 Å². The fourth-order valence-corrected chi connectivity index (χ4v) is 25.2. The summed E-state index contributed by atoms with van der Waals surface area (Å²) in [7, 11) is 0. The highest BCUT2D eigenvalue weighted by Crippen LogP contribution is 2.48. The summed E-state index contributed by atoms with van der Waals surface area (Å²) in [5.74, 6) is 0. The number of aromatic nitrogens is 6. The molecule has 0 saturated heterocycles. The zero-order chi connectivity index (χ0) is 96.9. The predicted octanol–water partition coefficient (Wildman–Crippen LogP) is 38.4. The van der Waals surface area contributed by atoms with E-state index < -0.39 is 0 Å². The Kier molecular flexibility index (Phi) is 18.6. The second kappa shape index (κ2) is 33.0. The molecule has 23 aromatic carbocycles. The number of hydrogen-bond donors (Lipinski definition) is 0. The summed E-state index contributed by atoms with van der Waals surface area (Å²) in [4.78, 5) is 0. The van der Waals surface area contributed by atoms with Crippen molar-refractivity contribution in [2.45, 2.75) is 0 Å². The lowest BCUT2D eigenvalue weighted by Gasteiger charge is -2.16. The molecule has 0 fully saturated rings. The van der Waals surface area contributed by atoms with Crippen LogP contribution >= 0.6 is 11.3 Å². The van der Waals surface area contributed by atoms with E-state index in [1.165, 1.54) is 190 Å². The van der Waals surface area contributed by atoms with Crippen LogP contribution < -0.4 is 0 Å². The van der Waals surface area contributed by atoms with E-state index in [4.69, 9.17) is 13.3 Å². The monoisotopic (exact) mass is 1900 g/mol. The normalized spacial score (nSPS) is 12.1. The summed E-state index contributed by atoms with van der Waals surface area (Å²) in [6.45, 7) is 0. The van der Waals surface area contributed by atoms with Crippen LogP contribution in [0.2, 0.25) is 0 Å². The second-order valence-corrected chi connectivity index (χ2v) is 40.0. The van der Waals surface area contributed by atoms with Gasteiger partial charge in [0, 0.05) is 151 Å². The maximum Gasteiger partial charge on any atom is 0.135 e. The minimum absolute atomic E-state index is 0.874. The van der Waals surface area contributed by atoms with Gasteiger partial charge in [-0.05, 0) is 263 Å². The SMILES string of the molecule is c1cc(-c2ccc3oc4ccccc4c3c2)cc(-c2ccc3oc4ccc(-n5c6ccccc6c6ccccc65)cc4c3c2)c1.c1cc(-c2ccc3sc4ccc(-n5c6ccccc6c6ccccc65)cc4c3c2)cc(-n2c3ccccc3c3ccccc32)c1.c1ccc2c(c1)c1ccccc1n2-c1cc(-c2ccc3oc4ccc(-n5c6ccccc6c6ccccc65)cc4c3c2)cc(-n2c3ccccc3c3ccccc32)c1. The molecular weight excluding hydrogens is 1820 g/mol. The molecule has 148 heavy (non-hydrogen) atoms. The molecule has 9 nitrogen and oxygen atoms in total. The molecule has 0 aliphatic carbocycles. The molecule has 0 amide bonds. The number of nitrogens with zero attached hydrogens (tertiary/aromatic N) is 6. The van der Waals surface area contributed by atoms with Gasteiger partial charge >= 0.3 is 0 Å². The van der Waals surface area contributed by atoms with Crippen LogP contribution in [0.15, 0.2) is 523 Å². The van der Waals surface area contributed by atoms with Gasteiger partial charge in [-0.1, -0.05) is 291 Å². The molecular formula is C138H84N6O3S. The lowest BCUT2D eigenvalue weighted by atomic mass is 9.97. The van der Waals surface area contributed by atoms with Gasteiger partial charge in [-0.25, -0.2) is 0 Å². The van der Waals surface area contributed by atoms with Gasteiger partial charge in [-0.15, -0.1) is 11.3 Å². The number of rotatable bonds is 10. The quantitative estimate of drug-likeness (QED) is 0.137. The van der Waals surface area contributed by atoms with Crippen LogP contribution in [0.4, 0.5) is 0 Å². The first-order chi connectivity index (χ1) is 73.4.